The molecule has 0 aliphatic rings. The van der Waals surface area contributed by atoms with Crippen LogP contribution in [0.1, 0.15) is 29.8 Å². The van der Waals surface area contributed by atoms with Crippen molar-refractivity contribution in [1.29, 1.82) is 0 Å². The number of hydrogen-bond donors (Lipinski definition) is 0. The fraction of sp³-hybridized carbons (Fsp3) is 0.192. The molecule has 35 heavy (non-hydrogen) atoms. The monoisotopic (exact) mass is 493 g/mol. The number of pyridine rings is 1. The Morgan fingerprint density at radius 1 is 1.11 bits per heavy atom. The van der Waals surface area contributed by atoms with Crippen LogP contribution in [0.15, 0.2) is 61.2 Å². The van der Waals surface area contributed by atoms with Crippen molar-refractivity contribution in [2.75, 3.05) is 0 Å². The molecule has 178 valence electrons. The first-order valence-electron chi connectivity index (χ1n) is 11.0. The molecule has 0 aliphatic carbocycles. The van der Waals surface area contributed by atoms with Crippen LogP contribution in [-0.4, -0.2) is 24.3 Å². The van der Waals surface area contributed by atoms with Gasteiger partial charge in [0.15, 0.2) is 5.82 Å². The van der Waals surface area contributed by atoms with Crippen LogP contribution in [0, 0.1) is 18.6 Å². The van der Waals surface area contributed by atoms with Gasteiger partial charge in [-0.2, -0.15) is 5.10 Å². The van der Waals surface area contributed by atoms with Crippen LogP contribution in [0.4, 0.5) is 8.78 Å². The molecule has 0 amide bonds. The van der Waals surface area contributed by atoms with Crippen molar-refractivity contribution in [2.45, 2.75) is 26.5 Å². The Morgan fingerprint density at radius 3 is 2.66 bits per heavy atom. The van der Waals surface area contributed by atoms with Crippen molar-refractivity contribution in [2.24, 2.45) is 7.05 Å². The van der Waals surface area contributed by atoms with Gasteiger partial charge in [0.05, 0.1) is 11.1 Å². The molecular weight excluding hydrogens is 472 g/mol. The third-order valence-corrected chi connectivity index (χ3v) is 6.36. The highest BCUT2D eigenvalue weighted by atomic mass is 35.5. The minimum absolute atomic E-state index is 0.0799. The fourth-order valence-corrected chi connectivity index (χ4v) is 4.55. The molecule has 0 unspecified atom stereocenters. The van der Waals surface area contributed by atoms with Crippen LogP contribution in [0.2, 0.25) is 5.02 Å². The van der Waals surface area contributed by atoms with Gasteiger partial charge in [-0.1, -0.05) is 23.7 Å². The summed E-state index contributed by atoms with van der Waals surface area (Å²) in [6, 6.07) is 11.3. The lowest BCUT2D eigenvalue weighted by Crippen LogP contribution is -2.11. The average molecular weight is 494 g/mol. The first-order valence-corrected chi connectivity index (χ1v) is 11.4. The number of nitrogens with zero attached hydrogens (tertiary/aromatic N) is 5. The number of aromatic nitrogens is 5. The van der Waals surface area contributed by atoms with Crippen molar-refractivity contribution < 1.29 is 13.5 Å². The van der Waals surface area contributed by atoms with Gasteiger partial charge in [-0.3, -0.25) is 0 Å². The molecule has 0 saturated heterocycles. The molecule has 3 heterocycles. The summed E-state index contributed by atoms with van der Waals surface area (Å²) < 4.78 is 37.5. The van der Waals surface area contributed by atoms with Gasteiger partial charge in [-0.25, -0.2) is 23.4 Å². The van der Waals surface area contributed by atoms with Crippen molar-refractivity contribution in [3.63, 3.8) is 0 Å². The molecular formula is C26H22ClF2N5O. The number of benzene rings is 2. The molecule has 0 aliphatic heterocycles. The lowest BCUT2D eigenvalue weighted by Gasteiger charge is -2.20. The molecule has 5 aromatic rings. The Balaban J connectivity index is 1.54. The van der Waals surface area contributed by atoms with Crippen LogP contribution in [0.5, 0.6) is 5.75 Å². The molecule has 0 radical (unpaired) electrons. The first kappa shape index (κ1) is 23.0. The summed E-state index contributed by atoms with van der Waals surface area (Å²) in [6.45, 7) is 3.84. The lowest BCUT2D eigenvalue weighted by atomic mass is 10.0. The van der Waals surface area contributed by atoms with Gasteiger partial charge in [-0.15, -0.1) is 0 Å². The van der Waals surface area contributed by atoms with Crippen molar-refractivity contribution in [3.8, 4) is 17.1 Å². The van der Waals surface area contributed by atoms with Gasteiger partial charge in [0.25, 0.3) is 0 Å². The highest BCUT2D eigenvalue weighted by Crippen LogP contribution is 2.34. The molecule has 0 bridgehead atoms. The van der Waals surface area contributed by atoms with Crippen molar-refractivity contribution >= 4 is 22.5 Å². The number of aryl methyl sites for hydroxylation is 2. The van der Waals surface area contributed by atoms with Crippen LogP contribution in [-0.2, 0) is 13.7 Å². The smallest absolute Gasteiger partial charge is 0.158 e. The number of ether oxygens (including phenoxy) is 1. The molecule has 0 spiro atoms. The second-order valence-corrected chi connectivity index (χ2v) is 8.77. The maximum absolute atomic E-state index is 14.3. The van der Waals surface area contributed by atoms with Crippen molar-refractivity contribution in [1.82, 2.24) is 24.3 Å². The summed E-state index contributed by atoms with van der Waals surface area (Å²) in [6.07, 6.45) is 4.47. The van der Waals surface area contributed by atoms with E-state index in [1.807, 2.05) is 45.2 Å². The molecule has 0 N–H and O–H groups in total. The van der Waals surface area contributed by atoms with E-state index in [9.17, 15) is 8.78 Å². The molecule has 2 aromatic carbocycles. The Bertz CT molecular complexity index is 1540. The van der Waals surface area contributed by atoms with Gasteiger partial charge in [0.2, 0.25) is 0 Å². The number of para-hydroxylation sites is 1. The van der Waals surface area contributed by atoms with Crippen molar-refractivity contribution in [3.05, 3.63) is 94.7 Å². The zero-order valence-electron chi connectivity index (χ0n) is 19.3. The second kappa shape index (κ2) is 9.11. The number of hydrogen-bond acceptors (Lipinski definition) is 4. The van der Waals surface area contributed by atoms with Crippen LogP contribution >= 0.6 is 11.6 Å². The first-order chi connectivity index (χ1) is 16.8. The van der Waals surface area contributed by atoms with E-state index in [1.54, 1.807) is 15.4 Å². The van der Waals surface area contributed by atoms with Crippen LogP contribution in [0.25, 0.3) is 22.3 Å². The maximum Gasteiger partial charge on any atom is 0.158 e. The Kier molecular flexibility index (Phi) is 5.98. The number of fused-ring (bicyclic) bond motifs is 1. The third-order valence-electron chi connectivity index (χ3n) is 6.03. The predicted molar refractivity (Wildman–Crippen MR) is 130 cm³/mol. The molecule has 0 fully saturated rings. The average Bonchev–Trinajstić information content (AvgIpc) is 3.45. The summed E-state index contributed by atoms with van der Waals surface area (Å²) in [5.74, 6) is 0.437. The molecule has 1 atom stereocenters. The van der Waals surface area contributed by atoms with Gasteiger partial charge >= 0.3 is 0 Å². The second-order valence-electron chi connectivity index (χ2n) is 8.37. The van der Waals surface area contributed by atoms with E-state index < -0.39 is 5.82 Å². The summed E-state index contributed by atoms with van der Waals surface area (Å²) in [7, 11) is 1.83. The summed E-state index contributed by atoms with van der Waals surface area (Å²) in [5, 5.41) is 5.29. The molecule has 9 heteroatoms. The highest BCUT2D eigenvalue weighted by molar-refractivity contribution is 6.31. The Labute approximate surface area is 205 Å². The number of halogens is 3. The van der Waals surface area contributed by atoms with E-state index in [0.717, 1.165) is 16.6 Å². The summed E-state index contributed by atoms with van der Waals surface area (Å²) >= 11 is 6.45. The summed E-state index contributed by atoms with van der Waals surface area (Å²) in [4.78, 5) is 9.09. The largest absolute Gasteiger partial charge is 0.487 e. The molecule has 3 aromatic heterocycles. The fourth-order valence-electron chi connectivity index (χ4n) is 4.28. The van der Waals surface area contributed by atoms with E-state index in [-0.39, 0.29) is 23.5 Å². The Hall–Kier alpha value is -3.78. The topological polar surface area (TPSA) is 57.8 Å². The van der Waals surface area contributed by atoms with Gasteiger partial charge in [0.1, 0.15) is 35.8 Å². The number of rotatable bonds is 6. The minimum atomic E-state index is -0.469. The van der Waals surface area contributed by atoms with E-state index in [2.05, 4.69) is 10.1 Å². The summed E-state index contributed by atoms with van der Waals surface area (Å²) in [5.41, 5.74) is 3.59. The normalized spacial score (nSPS) is 12.3. The SMILES string of the molecule is Cc1cc(-c2ncnn2C)c2cccc(OCc3c(Cl)cc(F)cc3[C@H](C)n3ccc(F)c3)c2n1. The van der Waals surface area contributed by atoms with Gasteiger partial charge < -0.3 is 9.30 Å². The zero-order chi connectivity index (χ0) is 24.7. The van der Waals surface area contributed by atoms with Crippen LogP contribution in [0.3, 0.4) is 0 Å². The molecule has 0 saturated carbocycles. The van der Waals surface area contributed by atoms with E-state index >= 15 is 0 Å². The van der Waals surface area contributed by atoms with Gasteiger partial charge in [-0.05, 0) is 49.7 Å². The standard InChI is InChI=1S/C26H22ClF2N5O/c1-15-9-21(26-30-14-31-33(26)3)19-5-4-6-24(25(19)32-15)35-13-22-20(10-18(29)11-23(22)27)16(2)34-8-7-17(28)12-34/h4-12,14,16H,13H2,1-3H3/t16-/m0/s1. The predicted octanol–water partition coefficient (Wildman–Crippen LogP) is 6.26. The molecule has 6 nitrogen and oxygen atoms in total. The minimum Gasteiger partial charge on any atom is -0.487 e. The van der Waals surface area contributed by atoms with Crippen LogP contribution < -0.4 is 4.74 Å². The van der Waals surface area contributed by atoms with E-state index in [4.69, 9.17) is 21.3 Å². The quantitative estimate of drug-likeness (QED) is 0.280. The lowest BCUT2D eigenvalue weighted by molar-refractivity contribution is 0.307. The Morgan fingerprint density at radius 2 is 1.94 bits per heavy atom. The zero-order valence-corrected chi connectivity index (χ0v) is 20.1. The molecule has 5 rings (SSSR count). The third kappa shape index (κ3) is 4.37. The van der Waals surface area contributed by atoms with Gasteiger partial charge in [0, 0.05) is 41.6 Å². The van der Waals surface area contributed by atoms with E-state index in [1.165, 1.54) is 30.7 Å². The maximum atomic E-state index is 14.3. The highest BCUT2D eigenvalue weighted by Gasteiger charge is 2.19. The van der Waals surface area contributed by atoms with E-state index in [0.29, 0.717) is 28.2 Å².